The third kappa shape index (κ3) is 3.22. The molecule has 0 radical (unpaired) electrons. The normalized spacial score (nSPS) is 11.1. The van der Waals surface area contributed by atoms with Crippen molar-refractivity contribution in [2.24, 2.45) is 5.84 Å². The van der Waals surface area contributed by atoms with Gasteiger partial charge in [0.2, 0.25) is 5.95 Å². The van der Waals surface area contributed by atoms with Crippen molar-refractivity contribution in [1.82, 2.24) is 9.97 Å². The molecule has 0 saturated carbocycles. The van der Waals surface area contributed by atoms with E-state index in [1.165, 1.54) is 12.4 Å². The summed E-state index contributed by atoms with van der Waals surface area (Å²) in [5.74, 6) is 5.27. The van der Waals surface area contributed by atoms with Gasteiger partial charge in [0, 0.05) is 5.69 Å². The summed E-state index contributed by atoms with van der Waals surface area (Å²) < 4.78 is 26.8. The Hall–Kier alpha value is -2.19. The fourth-order valence-corrected chi connectivity index (χ4v) is 2.54. The second kappa shape index (κ2) is 5.85. The van der Waals surface area contributed by atoms with E-state index in [1.807, 2.05) is 13.0 Å². The van der Waals surface area contributed by atoms with E-state index in [4.69, 9.17) is 5.84 Å². The average Bonchev–Trinajstić information content (AvgIpc) is 2.47. The predicted octanol–water partition coefficient (Wildman–Crippen LogP) is 1.13. The van der Waals surface area contributed by atoms with Crippen molar-refractivity contribution in [3.63, 3.8) is 0 Å². The number of nitrogen functional groups attached to an aromatic ring is 1. The van der Waals surface area contributed by atoms with Gasteiger partial charge in [-0.3, -0.25) is 10.1 Å². The molecular weight excluding hydrogens is 278 g/mol. The van der Waals surface area contributed by atoms with Gasteiger partial charge in [-0.2, -0.15) is 0 Å². The zero-order chi connectivity index (χ0) is 14.6. The Balaban J connectivity index is 2.25. The predicted molar refractivity (Wildman–Crippen MR) is 76.5 cm³/mol. The average molecular weight is 293 g/mol. The minimum Gasteiger partial charge on any atom is -0.292 e. The highest BCUT2D eigenvalue weighted by atomic mass is 32.2. The molecule has 0 amide bonds. The molecule has 0 bridgehead atoms. The van der Waals surface area contributed by atoms with Crippen LogP contribution in [-0.2, 0) is 16.4 Å². The molecule has 1 heterocycles. The first-order valence-corrected chi connectivity index (χ1v) is 7.44. The molecule has 0 aliphatic heterocycles. The lowest BCUT2D eigenvalue weighted by molar-refractivity contribution is 0.600. The molecule has 1 aromatic carbocycles. The van der Waals surface area contributed by atoms with E-state index >= 15 is 0 Å². The number of aromatic nitrogens is 2. The first-order chi connectivity index (χ1) is 9.55. The summed E-state index contributed by atoms with van der Waals surface area (Å²) in [4.78, 5) is 7.52. The largest absolute Gasteiger partial charge is 0.292 e. The number of hydrogen-bond acceptors (Lipinski definition) is 6. The molecule has 0 saturated heterocycles. The van der Waals surface area contributed by atoms with Crippen LogP contribution in [0.5, 0.6) is 0 Å². The van der Waals surface area contributed by atoms with Crippen molar-refractivity contribution in [1.29, 1.82) is 0 Å². The molecule has 0 fully saturated rings. The maximum atomic E-state index is 12.2. The highest BCUT2D eigenvalue weighted by Crippen LogP contribution is 2.16. The van der Waals surface area contributed by atoms with Crippen molar-refractivity contribution >= 4 is 21.7 Å². The van der Waals surface area contributed by atoms with Crippen molar-refractivity contribution in [2.75, 3.05) is 10.1 Å². The fraction of sp³-hybridized carbons (Fsp3) is 0.167. The van der Waals surface area contributed by atoms with Crippen LogP contribution in [0.4, 0.5) is 11.6 Å². The van der Waals surface area contributed by atoms with Gasteiger partial charge in [-0.1, -0.05) is 19.1 Å². The van der Waals surface area contributed by atoms with Crippen LogP contribution >= 0.6 is 0 Å². The van der Waals surface area contributed by atoms with Crippen LogP contribution in [0.25, 0.3) is 0 Å². The van der Waals surface area contributed by atoms with Crippen molar-refractivity contribution < 1.29 is 8.42 Å². The highest BCUT2D eigenvalue weighted by Gasteiger charge is 2.15. The lowest BCUT2D eigenvalue weighted by Crippen LogP contribution is -2.15. The smallest absolute Gasteiger partial charge is 0.264 e. The number of nitrogens with one attached hydrogen (secondary N) is 2. The Labute approximate surface area is 117 Å². The molecule has 8 heteroatoms. The van der Waals surface area contributed by atoms with Crippen LogP contribution in [-0.4, -0.2) is 18.4 Å². The summed E-state index contributed by atoms with van der Waals surface area (Å²) in [5, 5.41) is 0. The number of aryl methyl sites for hydroxylation is 1. The molecule has 2 aromatic rings. The number of hydrogen-bond donors (Lipinski definition) is 3. The second-order valence-electron chi connectivity index (χ2n) is 4.05. The van der Waals surface area contributed by atoms with Crippen LogP contribution in [0.2, 0.25) is 0 Å². The Kier molecular flexibility index (Phi) is 4.16. The molecule has 0 atom stereocenters. The van der Waals surface area contributed by atoms with Crippen molar-refractivity contribution in [3.8, 4) is 0 Å². The molecule has 2 rings (SSSR count). The van der Waals surface area contributed by atoms with E-state index in [0.717, 1.165) is 12.0 Å². The van der Waals surface area contributed by atoms with Crippen LogP contribution in [0.1, 0.15) is 12.5 Å². The van der Waals surface area contributed by atoms with Crippen molar-refractivity contribution in [2.45, 2.75) is 18.2 Å². The van der Waals surface area contributed by atoms with E-state index in [-0.39, 0.29) is 10.8 Å². The van der Waals surface area contributed by atoms with Crippen LogP contribution in [0.3, 0.4) is 0 Å². The molecule has 0 unspecified atom stereocenters. The molecule has 0 aliphatic rings. The van der Waals surface area contributed by atoms with E-state index in [1.54, 1.807) is 18.2 Å². The summed E-state index contributed by atoms with van der Waals surface area (Å²) in [5.41, 5.74) is 3.78. The van der Waals surface area contributed by atoms with Crippen molar-refractivity contribution in [3.05, 3.63) is 42.2 Å². The number of rotatable bonds is 5. The van der Waals surface area contributed by atoms with E-state index in [2.05, 4.69) is 20.1 Å². The van der Waals surface area contributed by atoms with Crippen LogP contribution in [0.15, 0.2) is 41.6 Å². The molecule has 106 valence electrons. The minimum absolute atomic E-state index is 0.0293. The van der Waals surface area contributed by atoms with Gasteiger partial charge < -0.3 is 0 Å². The number of nitrogens with zero attached hydrogens (tertiary/aromatic N) is 2. The van der Waals surface area contributed by atoms with Gasteiger partial charge in [-0.15, -0.1) is 0 Å². The van der Waals surface area contributed by atoms with E-state index < -0.39 is 10.0 Å². The van der Waals surface area contributed by atoms with Crippen LogP contribution in [0, 0.1) is 0 Å². The van der Waals surface area contributed by atoms with Crippen LogP contribution < -0.4 is 16.0 Å². The fourth-order valence-electron chi connectivity index (χ4n) is 1.60. The zero-order valence-corrected chi connectivity index (χ0v) is 11.7. The second-order valence-corrected chi connectivity index (χ2v) is 5.73. The van der Waals surface area contributed by atoms with Gasteiger partial charge in [0.15, 0.2) is 0 Å². The maximum Gasteiger partial charge on any atom is 0.264 e. The number of benzene rings is 1. The number of anilines is 2. The molecule has 7 nitrogen and oxygen atoms in total. The molecular formula is C12H15N5O2S. The lowest BCUT2D eigenvalue weighted by Gasteiger charge is -2.09. The third-order valence-electron chi connectivity index (χ3n) is 2.65. The Bertz CT molecular complexity index is 685. The molecule has 0 aliphatic carbocycles. The summed E-state index contributed by atoms with van der Waals surface area (Å²) in [6.45, 7) is 2.00. The quantitative estimate of drug-likeness (QED) is 0.563. The van der Waals surface area contributed by atoms with E-state index in [9.17, 15) is 8.42 Å². The standard InChI is InChI=1S/C12H15N5O2S/c1-2-9-4-3-5-10(6-9)17-20(18,19)11-7-14-12(16-13)15-8-11/h3-8,17H,2,13H2,1H3,(H,14,15,16). The number of hydrazine groups is 1. The summed E-state index contributed by atoms with van der Waals surface area (Å²) in [7, 11) is -3.71. The topological polar surface area (TPSA) is 110 Å². The molecule has 1 aromatic heterocycles. The molecule has 0 spiro atoms. The summed E-state index contributed by atoms with van der Waals surface area (Å²) >= 11 is 0. The third-order valence-corrected chi connectivity index (χ3v) is 3.99. The Morgan fingerprint density at radius 2 is 1.95 bits per heavy atom. The zero-order valence-electron chi connectivity index (χ0n) is 10.9. The SMILES string of the molecule is CCc1cccc(NS(=O)(=O)c2cnc(NN)nc2)c1. The highest BCUT2D eigenvalue weighted by molar-refractivity contribution is 7.92. The van der Waals surface area contributed by atoms with Gasteiger partial charge in [-0.25, -0.2) is 24.2 Å². The van der Waals surface area contributed by atoms with E-state index in [0.29, 0.717) is 5.69 Å². The van der Waals surface area contributed by atoms with Gasteiger partial charge in [-0.05, 0) is 24.1 Å². The number of nitrogens with two attached hydrogens (primary N) is 1. The summed E-state index contributed by atoms with van der Waals surface area (Å²) in [6, 6.07) is 7.21. The molecule has 4 N–H and O–H groups in total. The monoisotopic (exact) mass is 293 g/mol. The maximum absolute atomic E-state index is 12.2. The van der Waals surface area contributed by atoms with Gasteiger partial charge in [0.25, 0.3) is 10.0 Å². The Morgan fingerprint density at radius 1 is 1.25 bits per heavy atom. The first-order valence-electron chi connectivity index (χ1n) is 5.95. The first kappa shape index (κ1) is 14.2. The minimum atomic E-state index is -3.71. The number of sulfonamides is 1. The Morgan fingerprint density at radius 3 is 2.55 bits per heavy atom. The van der Waals surface area contributed by atoms with Gasteiger partial charge in [0.1, 0.15) is 4.90 Å². The van der Waals surface area contributed by atoms with Gasteiger partial charge >= 0.3 is 0 Å². The van der Waals surface area contributed by atoms with Gasteiger partial charge in [0.05, 0.1) is 12.4 Å². The molecule has 20 heavy (non-hydrogen) atoms. The summed E-state index contributed by atoms with van der Waals surface area (Å²) in [6.07, 6.45) is 3.21. The lowest BCUT2D eigenvalue weighted by atomic mass is 10.1.